The quantitative estimate of drug-likeness (QED) is 0.666. The monoisotopic (exact) mass is 284 g/mol. The standard InChI is InChI=1S/C14H24N2O4/c1-7(2)6-8(11(17)15-5)16-12(18)9-10(13(19)20)14(9,3)4/h7-10H,6H2,1-5H3,(H,15,17)(H,16,18)(H,19,20)/t8?,9-,10+/m1/s1. The van der Waals surface area contributed by atoms with E-state index in [1.54, 1.807) is 13.8 Å². The number of carbonyl (C=O) groups is 3. The number of amides is 2. The van der Waals surface area contributed by atoms with Gasteiger partial charge in [-0.3, -0.25) is 14.4 Å². The van der Waals surface area contributed by atoms with Crippen LogP contribution < -0.4 is 10.6 Å². The van der Waals surface area contributed by atoms with Gasteiger partial charge in [0.15, 0.2) is 0 Å². The van der Waals surface area contributed by atoms with Crippen LogP contribution in [0.4, 0.5) is 0 Å². The van der Waals surface area contributed by atoms with Crippen molar-refractivity contribution in [1.29, 1.82) is 0 Å². The van der Waals surface area contributed by atoms with E-state index in [2.05, 4.69) is 10.6 Å². The molecule has 3 N–H and O–H groups in total. The van der Waals surface area contributed by atoms with Crippen LogP contribution in [0.1, 0.15) is 34.1 Å². The van der Waals surface area contributed by atoms with E-state index < -0.39 is 29.3 Å². The SMILES string of the molecule is CNC(=O)C(CC(C)C)NC(=O)[C@H]1[C@@H](C(=O)O)C1(C)C. The van der Waals surface area contributed by atoms with Gasteiger partial charge in [0, 0.05) is 7.05 Å². The summed E-state index contributed by atoms with van der Waals surface area (Å²) >= 11 is 0. The van der Waals surface area contributed by atoms with Crippen molar-refractivity contribution in [1.82, 2.24) is 10.6 Å². The van der Waals surface area contributed by atoms with Gasteiger partial charge in [0.05, 0.1) is 11.8 Å². The van der Waals surface area contributed by atoms with E-state index in [0.717, 1.165) is 0 Å². The lowest BCUT2D eigenvalue weighted by molar-refractivity contribution is -0.140. The van der Waals surface area contributed by atoms with Crippen molar-refractivity contribution < 1.29 is 19.5 Å². The Labute approximate surface area is 119 Å². The van der Waals surface area contributed by atoms with E-state index >= 15 is 0 Å². The summed E-state index contributed by atoms with van der Waals surface area (Å²) in [6.45, 7) is 7.44. The lowest BCUT2D eigenvalue weighted by atomic mass is 10.0. The topological polar surface area (TPSA) is 95.5 Å². The fraction of sp³-hybridized carbons (Fsp3) is 0.786. The fourth-order valence-electron chi connectivity index (χ4n) is 2.73. The Balaban J connectivity index is 2.73. The average molecular weight is 284 g/mol. The summed E-state index contributed by atoms with van der Waals surface area (Å²) in [5, 5.41) is 14.3. The molecular formula is C14H24N2O4. The lowest BCUT2D eigenvalue weighted by Crippen LogP contribution is -2.47. The van der Waals surface area contributed by atoms with E-state index in [9.17, 15) is 14.4 Å². The third kappa shape index (κ3) is 3.29. The molecule has 0 spiro atoms. The second-order valence-electron chi connectivity index (χ2n) is 6.42. The molecule has 1 saturated carbocycles. The molecule has 0 heterocycles. The molecular weight excluding hydrogens is 260 g/mol. The molecule has 0 aromatic rings. The molecule has 1 rings (SSSR count). The molecule has 0 aliphatic heterocycles. The predicted molar refractivity (Wildman–Crippen MR) is 73.8 cm³/mol. The molecule has 1 aliphatic carbocycles. The van der Waals surface area contributed by atoms with Crippen molar-refractivity contribution in [2.45, 2.75) is 40.2 Å². The number of aliphatic carboxylic acids is 1. The third-order valence-corrected chi connectivity index (χ3v) is 3.96. The molecule has 6 heteroatoms. The smallest absolute Gasteiger partial charge is 0.307 e. The third-order valence-electron chi connectivity index (χ3n) is 3.96. The zero-order chi connectivity index (χ0) is 15.7. The predicted octanol–water partition coefficient (Wildman–Crippen LogP) is 0.620. The van der Waals surface area contributed by atoms with Crippen molar-refractivity contribution in [2.75, 3.05) is 7.05 Å². The molecule has 114 valence electrons. The molecule has 0 aromatic carbocycles. The van der Waals surface area contributed by atoms with Crippen LogP contribution >= 0.6 is 0 Å². The molecule has 1 unspecified atom stereocenters. The Kier molecular flexibility index (Phi) is 4.78. The van der Waals surface area contributed by atoms with Crippen LogP contribution in [-0.2, 0) is 14.4 Å². The highest BCUT2D eigenvalue weighted by Crippen LogP contribution is 2.58. The number of likely N-dealkylation sites (N-methyl/N-ethyl adjacent to an activating group) is 1. The van der Waals surface area contributed by atoms with E-state index in [1.165, 1.54) is 7.05 Å². The van der Waals surface area contributed by atoms with Gasteiger partial charge in [-0.2, -0.15) is 0 Å². The molecule has 3 atom stereocenters. The number of carboxylic acid groups (broad SMARTS) is 1. The van der Waals surface area contributed by atoms with Gasteiger partial charge in [-0.25, -0.2) is 0 Å². The first-order valence-electron chi connectivity index (χ1n) is 6.87. The maximum atomic E-state index is 12.2. The summed E-state index contributed by atoms with van der Waals surface area (Å²) < 4.78 is 0. The Morgan fingerprint density at radius 2 is 1.75 bits per heavy atom. The second-order valence-corrected chi connectivity index (χ2v) is 6.42. The molecule has 1 fully saturated rings. The number of rotatable bonds is 6. The molecule has 1 aliphatic rings. The molecule has 0 saturated heterocycles. The largest absolute Gasteiger partial charge is 0.481 e. The lowest BCUT2D eigenvalue weighted by Gasteiger charge is -2.19. The number of nitrogens with one attached hydrogen (secondary N) is 2. The van der Waals surface area contributed by atoms with Gasteiger partial charge < -0.3 is 15.7 Å². The fourth-order valence-corrected chi connectivity index (χ4v) is 2.73. The first-order valence-corrected chi connectivity index (χ1v) is 6.87. The van der Waals surface area contributed by atoms with Crippen LogP contribution in [0.25, 0.3) is 0 Å². The minimum Gasteiger partial charge on any atom is -0.481 e. The van der Waals surface area contributed by atoms with Crippen molar-refractivity contribution in [3.8, 4) is 0 Å². The Hall–Kier alpha value is -1.59. The van der Waals surface area contributed by atoms with Crippen molar-refractivity contribution in [2.24, 2.45) is 23.2 Å². The van der Waals surface area contributed by atoms with Gasteiger partial charge in [0.2, 0.25) is 11.8 Å². The van der Waals surface area contributed by atoms with Gasteiger partial charge >= 0.3 is 5.97 Å². The first-order chi connectivity index (χ1) is 9.12. The average Bonchev–Trinajstić information content (AvgIpc) is 2.90. The molecule has 0 bridgehead atoms. The maximum Gasteiger partial charge on any atom is 0.307 e. The highest BCUT2D eigenvalue weighted by molar-refractivity contribution is 5.94. The molecule has 2 amide bonds. The van der Waals surface area contributed by atoms with E-state index in [4.69, 9.17) is 5.11 Å². The Morgan fingerprint density at radius 1 is 1.20 bits per heavy atom. The van der Waals surface area contributed by atoms with Gasteiger partial charge in [-0.1, -0.05) is 27.7 Å². The molecule has 0 aromatic heterocycles. The van der Waals surface area contributed by atoms with Gasteiger partial charge in [-0.15, -0.1) is 0 Å². The summed E-state index contributed by atoms with van der Waals surface area (Å²) in [5.41, 5.74) is -0.555. The van der Waals surface area contributed by atoms with Crippen LogP contribution in [0.5, 0.6) is 0 Å². The highest BCUT2D eigenvalue weighted by Gasteiger charge is 2.66. The van der Waals surface area contributed by atoms with Crippen LogP contribution in [0.15, 0.2) is 0 Å². The Bertz CT molecular complexity index is 417. The number of hydrogen-bond acceptors (Lipinski definition) is 3. The minimum absolute atomic E-state index is 0.250. The number of carbonyl (C=O) groups excluding carboxylic acids is 2. The van der Waals surface area contributed by atoms with Crippen molar-refractivity contribution in [3.63, 3.8) is 0 Å². The van der Waals surface area contributed by atoms with Gasteiger partial charge in [0.1, 0.15) is 6.04 Å². The summed E-state index contributed by atoms with van der Waals surface area (Å²) in [6, 6.07) is -0.613. The zero-order valence-corrected chi connectivity index (χ0v) is 12.7. The normalized spacial score (nSPS) is 24.9. The van der Waals surface area contributed by atoms with Crippen LogP contribution in [-0.4, -0.2) is 36.0 Å². The molecule has 6 nitrogen and oxygen atoms in total. The maximum absolute atomic E-state index is 12.2. The van der Waals surface area contributed by atoms with E-state index in [1.807, 2.05) is 13.8 Å². The summed E-state index contributed by atoms with van der Waals surface area (Å²) in [6.07, 6.45) is 0.524. The highest BCUT2D eigenvalue weighted by atomic mass is 16.4. The number of hydrogen-bond donors (Lipinski definition) is 3. The summed E-state index contributed by atoms with van der Waals surface area (Å²) in [4.78, 5) is 35.0. The Morgan fingerprint density at radius 3 is 2.10 bits per heavy atom. The first kappa shape index (κ1) is 16.5. The summed E-state index contributed by atoms with van der Waals surface area (Å²) in [7, 11) is 1.52. The van der Waals surface area contributed by atoms with Gasteiger partial charge in [0.25, 0.3) is 0 Å². The van der Waals surface area contributed by atoms with Gasteiger partial charge in [-0.05, 0) is 17.8 Å². The van der Waals surface area contributed by atoms with Crippen LogP contribution in [0, 0.1) is 23.2 Å². The second kappa shape index (κ2) is 5.81. The van der Waals surface area contributed by atoms with E-state index in [-0.39, 0.29) is 17.7 Å². The summed E-state index contributed by atoms with van der Waals surface area (Å²) in [5.74, 6) is -2.56. The number of carboxylic acids is 1. The van der Waals surface area contributed by atoms with Crippen molar-refractivity contribution in [3.05, 3.63) is 0 Å². The van der Waals surface area contributed by atoms with E-state index in [0.29, 0.717) is 6.42 Å². The van der Waals surface area contributed by atoms with Crippen LogP contribution in [0.2, 0.25) is 0 Å². The van der Waals surface area contributed by atoms with Crippen LogP contribution in [0.3, 0.4) is 0 Å². The zero-order valence-electron chi connectivity index (χ0n) is 12.7. The minimum atomic E-state index is -0.962. The molecule has 0 radical (unpaired) electrons. The molecule has 20 heavy (non-hydrogen) atoms. The van der Waals surface area contributed by atoms with Crippen molar-refractivity contribution >= 4 is 17.8 Å².